The molecular weight excluding hydrogens is 397 g/mol. The Morgan fingerprint density at radius 2 is 1.78 bits per heavy atom. The van der Waals surface area contributed by atoms with Gasteiger partial charge in [0.05, 0.1) is 16.1 Å². The van der Waals surface area contributed by atoms with Crippen LogP contribution in [-0.4, -0.2) is 9.97 Å². The molecule has 6 heteroatoms. The lowest BCUT2D eigenvalue weighted by molar-refractivity contribution is 0.999. The van der Waals surface area contributed by atoms with Crippen molar-refractivity contribution >= 4 is 56.3 Å². The van der Waals surface area contributed by atoms with Gasteiger partial charge in [-0.3, -0.25) is 0 Å². The van der Waals surface area contributed by atoms with Gasteiger partial charge in [0.1, 0.15) is 16.5 Å². The van der Waals surface area contributed by atoms with Gasteiger partial charge in [-0.2, -0.15) is 0 Å². The Kier molecular flexibility index (Phi) is 5.04. The number of nitrogens with zero attached hydrogens (tertiary/aromatic N) is 2. The number of rotatable bonds is 4. The molecule has 0 radical (unpaired) electrons. The van der Waals surface area contributed by atoms with Gasteiger partial charge >= 0.3 is 0 Å². The molecule has 0 aliphatic heterocycles. The average molecular weight is 414 g/mol. The first-order valence-electron chi connectivity index (χ1n) is 8.54. The van der Waals surface area contributed by atoms with E-state index in [4.69, 9.17) is 33.2 Å². The Labute approximate surface area is 172 Å². The molecule has 4 aromatic rings. The smallest absolute Gasteiger partial charge is 0.143 e. The van der Waals surface area contributed by atoms with Crippen molar-refractivity contribution in [1.29, 1.82) is 0 Å². The summed E-state index contributed by atoms with van der Waals surface area (Å²) in [5.41, 5.74) is 3.14. The van der Waals surface area contributed by atoms with Crippen molar-refractivity contribution in [2.45, 2.75) is 20.3 Å². The molecule has 0 saturated carbocycles. The first kappa shape index (κ1) is 18.2. The van der Waals surface area contributed by atoms with E-state index in [1.165, 1.54) is 16.0 Å². The van der Waals surface area contributed by atoms with Crippen LogP contribution in [0.15, 0.2) is 48.5 Å². The fourth-order valence-corrected chi connectivity index (χ4v) is 4.46. The summed E-state index contributed by atoms with van der Waals surface area (Å²) in [7, 11) is 0. The Morgan fingerprint density at radius 1 is 1.00 bits per heavy atom. The number of hydrogen-bond acceptors (Lipinski definition) is 4. The number of anilines is 2. The van der Waals surface area contributed by atoms with Gasteiger partial charge in [-0.25, -0.2) is 9.97 Å². The van der Waals surface area contributed by atoms with Crippen LogP contribution in [0.5, 0.6) is 0 Å². The fraction of sp³-hybridized carbons (Fsp3) is 0.143. The lowest BCUT2D eigenvalue weighted by Crippen LogP contribution is -2.02. The van der Waals surface area contributed by atoms with Crippen LogP contribution in [0.2, 0.25) is 10.0 Å². The summed E-state index contributed by atoms with van der Waals surface area (Å²) in [5.74, 6) is 1.56. The SMILES string of the molecule is Cc1sc2nc(Cc3ccccc3)nc(Nc3ccc(Cl)cc3Cl)c2c1C. The van der Waals surface area contributed by atoms with Gasteiger partial charge in [0.2, 0.25) is 0 Å². The maximum Gasteiger partial charge on any atom is 0.143 e. The van der Waals surface area contributed by atoms with E-state index in [9.17, 15) is 0 Å². The third-order valence-electron chi connectivity index (χ3n) is 4.46. The van der Waals surface area contributed by atoms with Gasteiger partial charge in [-0.05, 0) is 43.2 Å². The van der Waals surface area contributed by atoms with Crippen molar-refractivity contribution in [3.63, 3.8) is 0 Å². The van der Waals surface area contributed by atoms with Crippen molar-refractivity contribution in [3.8, 4) is 0 Å². The molecule has 1 N–H and O–H groups in total. The van der Waals surface area contributed by atoms with Gasteiger partial charge in [0.25, 0.3) is 0 Å². The van der Waals surface area contributed by atoms with Crippen LogP contribution in [-0.2, 0) is 6.42 Å². The molecule has 0 spiro atoms. The van der Waals surface area contributed by atoms with E-state index in [-0.39, 0.29) is 0 Å². The van der Waals surface area contributed by atoms with Crippen LogP contribution in [0.3, 0.4) is 0 Å². The normalized spacial score (nSPS) is 11.1. The largest absolute Gasteiger partial charge is 0.338 e. The second-order valence-electron chi connectivity index (χ2n) is 6.36. The molecule has 4 rings (SSSR count). The number of aryl methyl sites for hydroxylation is 2. The number of nitrogens with one attached hydrogen (secondary N) is 1. The molecular formula is C21H17Cl2N3S. The molecule has 136 valence electrons. The van der Waals surface area contributed by atoms with E-state index in [1.54, 1.807) is 17.4 Å². The lowest BCUT2D eigenvalue weighted by Gasteiger charge is -2.11. The van der Waals surface area contributed by atoms with Crippen LogP contribution in [0.1, 0.15) is 21.8 Å². The Bertz CT molecular complexity index is 1120. The predicted octanol–water partition coefficient (Wildman–Crippen LogP) is 6.95. The maximum atomic E-state index is 6.36. The molecule has 0 aliphatic carbocycles. The van der Waals surface area contributed by atoms with E-state index in [0.29, 0.717) is 16.5 Å². The highest BCUT2D eigenvalue weighted by atomic mass is 35.5. The van der Waals surface area contributed by atoms with Crippen molar-refractivity contribution in [3.05, 3.63) is 80.4 Å². The van der Waals surface area contributed by atoms with Crippen LogP contribution >= 0.6 is 34.5 Å². The summed E-state index contributed by atoms with van der Waals surface area (Å²) in [6, 6.07) is 15.6. The molecule has 0 fully saturated rings. The monoisotopic (exact) mass is 413 g/mol. The number of halogens is 2. The second kappa shape index (κ2) is 7.47. The van der Waals surface area contributed by atoms with Crippen molar-refractivity contribution in [1.82, 2.24) is 9.97 Å². The minimum atomic E-state index is 0.559. The molecule has 0 amide bonds. The summed E-state index contributed by atoms with van der Waals surface area (Å²) < 4.78 is 0. The summed E-state index contributed by atoms with van der Waals surface area (Å²) in [5, 5.41) is 5.59. The zero-order chi connectivity index (χ0) is 19.0. The second-order valence-corrected chi connectivity index (χ2v) is 8.41. The van der Waals surface area contributed by atoms with Crippen LogP contribution < -0.4 is 5.32 Å². The van der Waals surface area contributed by atoms with Gasteiger partial charge < -0.3 is 5.32 Å². The zero-order valence-electron chi connectivity index (χ0n) is 14.9. The predicted molar refractivity (Wildman–Crippen MR) is 116 cm³/mol. The average Bonchev–Trinajstić information content (AvgIpc) is 2.92. The number of benzene rings is 2. The van der Waals surface area contributed by atoms with E-state index >= 15 is 0 Å². The van der Waals surface area contributed by atoms with E-state index in [1.807, 2.05) is 30.3 Å². The van der Waals surface area contributed by atoms with E-state index in [0.717, 1.165) is 27.5 Å². The first-order chi connectivity index (χ1) is 13.0. The molecule has 2 heterocycles. The van der Waals surface area contributed by atoms with Crippen LogP contribution in [0, 0.1) is 13.8 Å². The third-order valence-corrected chi connectivity index (χ3v) is 6.11. The highest BCUT2D eigenvalue weighted by molar-refractivity contribution is 7.18. The molecule has 27 heavy (non-hydrogen) atoms. The van der Waals surface area contributed by atoms with Gasteiger partial charge in [-0.15, -0.1) is 11.3 Å². The Balaban J connectivity index is 1.81. The highest BCUT2D eigenvalue weighted by Gasteiger charge is 2.16. The molecule has 0 aliphatic rings. The van der Waals surface area contributed by atoms with Gasteiger partial charge in [0.15, 0.2) is 0 Å². The highest BCUT2D eigenvalue weighted by Crippen LogP contribution is 2.36. The quantitative estimate of drug-likeness (QED) is 0.393. The lowest BCUT2D eigenvalue weighted by atomic mass is 10.1. The number of fused-ring (bicyclic) bond motifs is 1. The van der Waals surface area contributed by atoms with Gasteiger partial charge in [-0.1, -0.05) is 53.5 Å². The standard InChI is InChI=1S/C21H17Cl2N3S/c1-12-13(2)27-21-19(12)20(24-17-9-8-15(22)11-16(17)23)25-18(26-21)10-14-6-4-3-5-7-14/h3-9,11H,10H2,1-2H3,(H,24,25,26). The molecule has 2 aromatic heterocycles. The first-order valence-corrected chi connectivity index (χ1v) is 10.1. The van der Waals surface area contributed by atoms with Crippen LogP contribution in [0.4, 0.5) is 11.5 Å². The zero-order valence-corrected chi connectivity index (χ0v) is 17.2. The molecule has 0 saturated heterocycles. The molecule has 0 atom stereocenters. The Morgan fingerprint density at radius 3 is 2.52 bits per heavy atom. The van der Waals surface area contributed by atoms with Crippen molar-refractivity contribution in [2.24, 2.45) is 0 Å². The fourth-order valence-electron chi connectivity index (χ4n) is 2.96. The summed E-state index contributed by atoms with van der Waals surface area (Å²) in [6.45, 7) is 4.21. The van der Waals surface area contributed by atoms with E-state index < -0.39 is 0 Å². The molecule has 2 aromatic carbocycles. The topological polar surface area (TPSA) is 37.8 Å². The van der Waals surface area contributed by atoms with Crippen molar-refractivity contribution < 1.29 is 0 Å². The van der Waals surface area contributed by atoms with Crippen LogP contribution in [0.25, 0.3) is 10.2 Å². The minimum absolute atomic E-state index is 0.559. The van der Waals surface area contributed by atoms with E-state index in [2.05, 4.69) is 31.3 Å². The molecule has 3 nitrogen and oxygen atoms in total. The minimum Gasteiger partial charge on any atom is -0.338 e. The third kappa shape index (κ3) is 3.79. The Hall–Kier alpha value is -2.14. The molecule has 0 bridgehead atoms. The summed E-state index contributed by atoms with van der Waals surface area (Å²) in [4.78, 5) is 11.8. The number of hydrogen-bond donors (Lipinski definition) is 1. The summed E-state index contributed by atoms with van der Waals surface area (Å²) in [6.07, 6.45) is 0.676. The van der Waals surface area contributed by atoms with Gasteiger partial charge in [0, 0.05) is 16.3 Å². The molecule has 0 unspecified atom stereocenters. The number of aromatic nitrogens is 2. The summed E-state index contributed by atoms with van der Waals surface area (Å²) >= 11 is 14.1. The van der Waals surface area contributed by atoms with Crippen molar-refractivity contribution in [2.75, 3.05) is 5.32 Å². The number of thiophene rings is 1. The maximum absolute atomic E-state index is 6.36.